The molecule has 0 aliphatic carbocycles. The van der Waals surface area contributed by atoms with Crippen LogP contribution in [0.3, 0.4) is 0 Å². The summed E-state index contributed by atoms with van der Waals surface area (Å²) in [4.78, 5) is 11.5. The maximum Gasteiger partial charge on any atom is 0.347 e. The molecule has 0 atom stereocenters. The van der Waals surface area contributed by atoms with Gasteiger partial charge in [0.25, 0.3) is 5.88 Å². The molecule has 0 saturated heterocycles. The number of unbranched alkanes of at least 4 members (excludes halogenated alkanes) is 1. The molecule has 90 valence electrons. The minimum Gasteiger partial charge on any atom is -0.475 e. The number of aromatic nitrogens is 1. The largest absolute Gasteiger partial charge is 0.475 e. The molecule has 5 nitrogen and oxygen atoms in total. The molecule has 0 radical (unpaired) electrons. The van der Waals surface area contributed by atoms with E-state index in [0.29, 0.717) is 24.4 Å². The predicted molar refractivity (Wildman–Crippen MR) is 57.6 cm³/mol. The Morgan fingerprint density at radius 1 is 1.44 bits per heavy atom. The van der Waals surface area contributed by atoms with Gasteiger partial charge in [0, 0.05) is 6.42 Å². The average molecular weight is 227 g/mol. The highest BCUT2D eigenvalue weighted by Gasteiger charge is 2.23. The number of esters is 1. The van der Waals surface area contributed by atoms with Crippen LogP contribution in [0.4, 0.5) is 0 Å². The highest BCUT2D eigenvalue weighted by atomic mass is 16.6. The molecule has 0 bridgehead atoms. The molecule has 0 fully saturated rings. The first kappa shape index (κ1) is 12.5. The summed E-state index contributed by atoms with van der Waals surface area (Å²) in [5.41, 5.74) is 0.307. The minimum atomic E-state index is -0.468. The number of nitrogens with zero attached hydrogens (tertiary/aromatic N) is 1. The normalized spacial score (nSPS) is 10.2. The van der Waals surface area contributed by atoms with Gasteiger partial charge in [0.05, 0.1) is 13.7 Å². The Balaban J connectivity index is 2.82. The summed E-state index contributed by atoms with van der Waals surface area (Å²) >= 11 is 0. The van der Waals surface area contributed by atoms with Crippen LogP contribution in [-0.2, 0) is 11.2 Å². The van der Waals surface area contributed by atoms with E-state index >= 15 is 0 Å². The van der Waals surface area contributed by atoms with Crippen molar-refractivity contribution in [2.24, 2.45) is 0 Å². The molecule has 0 saturated carbocycles. The molecule has 5 heteroatoms. The molecule has 0 unspecified atom stereocenters. The maximum absolute atomic E-state index is 11.5. The van der Waals surface area contributed by atoms with Gasteiger partial charge in [0.2, 0.25) is 0 Å². The van der Waals surface area contributed by atoms with E-state index in [1.165, 1.54) is 7.11 Å². The number of hydrogen-bond donors (Lipinski definition) is 0. The fourth-order valence-electron chi connectivity index (χ4n) is 1.26. The number of methoxy groups -OCH3 is 1. The molecule has 0 amide bonds. The second-order valence-electron chi connectivity index (χ2n) is 3.33. The van der Waals surface area contributed by atoms with Crippen LogP contribution >= 0.6 is 0 Å². The zero-order valence-corrected chi connectivity index (χ0v) is 9.91. The number of carbonyl (C=O) groups is 1. The van der Waals surface area contributed by atoms with Gasteiger partial charge < -0.3 is 14.0 Å². The predicted octanol–water partition coefficient (Wildman–Crippen LogP) is 2.20. The minimum absolute atomic E-state index is 0.233. The third-order valence-electron chi connectivity index (χ3n) is 2.18. The van der Waals surface area contributed by atoms with Gasteiger partial charge in [-0.3, -0.25) is 0 Å². The van der Waals surface area contributed by atoms with Crippen LogP contribution in [0.1, 0.15) is 42.8 Å². The van der Waals surface area contributed by atoms with E-state index in [0.717, 1.165) is 12.8 Å². The Hall–Kier alpha value is -1.52. The van der Waals surface area contributed by atoms with Crippen LogP contribution < -0.4 is 4.74 Å². The van der Waals surface area contributed by atoms with Crippen LogP contribution in [0.25, 0.3) is 0 Å². The first-order valence-corrected chi connectivity index (χ1v) is 5.44. The van der Waals surface area contributed by atoms with Gasteiger partial charge >= 0.3 is 5.97 Å². The Morgan fingerprint density at radius 3 is 2.75 bits per heavy atom. The van der Waals surface area contributed by atoms with Crippen LogP contribution in [-0.4, -0.2) is 24.8 Å². The monoisotopic (exact) mass is 227 g/mol. The van der Waals surface area contributed by atoms with Crippen LogP contribution in [0.2, 0.25) is 0 Å². The first-order valence-electron chi connectivity index (χ1n) is 5.44. The van der Waals surface area contributed by atoms with Gasteiger partial charge in [-0.2, -0.15) is 0 Å². The van der Waals surface area contributed by atoms with Crippen molar-refractivity contribution >= 4 is 5.97 Å². The van der Waals surface area contributed by atoms with Gasteiger partial charge in [-0.25, -0.2) is 4.79 Å². The van der Waals surface area contributed by atoms with E-state index in [1.54, 1.807) is 0 Å². The van der Waals surface area contributed by atoms with Crippen molar-refractivity contribution in [3.05, 3.63) is 11.3 Å². The lowest BCUT2D eigenvalue weighted by Crippen LogP contribution is -2.07. The number of rotatable bonds is 6. The molecule has 1 rings (SSSR count). The van der Waals surface area contributed by atoms with Crippen molar-refractivity contribution in [2.75, 3.05) is 13.7 Å². The Bertz CT molecular complexity index is 346. The summed E-state index contributed by atoms with van der Waals surface area (Å²) in [5.74, 6) is 0.264. The number of aryl methyl sites for hydroxylation is 1. The Morgan fingerprint density at radius 2 is 2.19 bits per heavy atom. The smallest absolute Gasteiger partial charge is 0.347 e. The van der Waals surface area contributed by atoms with Crippen molar-refractivity contribution in [1.82, 2.24) is 5.16 Å². The van der Waals surface area contributed by atoms with Crippen LogP contribution in [0, 0.1) is 0 Å². The van der Waals surface area contributed by atoms with E-state index in [1.807, 2.05) is 6.92 Å². The molecule has 1 heterocycles. The molecule has 0 aromatic carbocycles. The van der Waals surface area contributed by atoms with Crippen LogP contribution in [0.5, 0.6) is 5.88 Å². The van der Waals surface area contributed by atoms with Gasteiger partial charge in [-0.1, -0.05) is 20.3 Å². The van der Waals surface area contributed by atoms with Crippen molar-refractivity contribution in [1.29, 1.82) is 0 Å². The van der Waals surface area contributed by atoms with Gasteiger partial charge in [-0.15, -0.1) is 0 Å². The molecule has 0 aliphatic rings. The zero-order chi connectivity index (χ0) is 12.0. The summed E-state index contributed by atoms with van der Waals surface area (Å²) < 4.78 is 15.1. The van der Waals surface area contributed by atoms with E-state index in [2.05, 4.69) is 16.8 Å². The molecular weight excluding hydrogens is 210 g/mol. The third kappa shape index (κ3) is 2.74. The molecule has 0 N–H and O–H groups in total. The van der Waals surface area contributed by atoms with Crippen molar-refractivity contribution in [2.45, 2.75) is 33.1 Å². The lowest BCUT2D eigenvalue weighted by Gasteiger charge is -2.03. The van der Waals surface area contributed by atoms with Gasteiger partial charge in [-0.05, 0) is 11.6 Å². The number of carbonyl (C=O) groups excluding carboxylic acids is 1. The SMILES string of the molecule is CCCCOc1noc(CC)c1C(=O)OC. The highest BCUT2D eigenvalue weighted by molar-refractivity contribution is 5.92. The molecular formula is C11H17NO4. The fraction of sp³-hybridized carbons (Fsp3) is 0.636. The van der Waals surface area contributed by atoms with Crippen molar-refractivity contribution < 1.29 is 18.8 Å². The first-order chi connectivity index (χ1) is 7.74. The average Bonchev–Trinajstić information content (AvgIpc) is 2.71. The second-order valence-corrected chi connectivity index (χ2v) is 3.33. The number of hydrogen-bond acceptors (Lipinski definition) is 5. The van der Waals surface area contributed by atoms with Crippen molar-refractivity contribution in [3.63, 3.8) is 0 Å². The maximum atomic E-state index is 11.5. The highest BCUT2D eigenvalue weighted by Crippen LogP contribution is 2.23. The van der Waals surface area contributed by atoms with E-state index < -0.39 is 5.97 Å². The summed E-state index contributed by atoms with van der Waals surface area (Å²) in [7, 11) is 1.32. The molecule has 16 heavy (non-hydrogen) atoms. The lowest BCUT2D eigenvalue weighted by molar-refractivity contribution is 0.0594. The summed E-state index contributed by atoms with van der Waals surface area (Å²) in [5, 5.41) is 3.73. The standard InChI is InChI=1S/C11H17NO4/c1-4-6-7-15-10-9(11(13)14-3)8(5-2)16-12-10/h4-7H2,1-3H3. The molecule has 0 spiro atoms. The van der Waals surface area contributed by atoms with Gasteiger partial charge in [0.1, 0.15) is 0 Å². The zero-order valence-electron chi connectivity index (χ0n) is 9.91. The van der Waals surface area contributed by atoms with Gasteiger partial charge in [0.15, 0.2) is 11.3 Å². The van der Waals surface area contributed by atoms with E-state index in [-0.39, 0.29) is 5.88 Å². The lowest BCUT2D eigenvalue weighted by atomic mass is 10.2. The quantitative estimate of drug-likeness (QED) is 0.550. The summed E-state index contributed by atoms with van der Waals surface area (Å²) in [6, 6.07) is 0. The molecule has 1 aromatic rings. The number of ether oxygens (including phenoxy) is 2. The van der Waals surface area contributed by atoms with Crippen molar-refractivity contribution in [3.8, 4) is 5.88 Å². The Kier molecular flexibility index (Phi) is 4.82. The molecule has 1 aromatic heterocycles. The van der Waals surface area contributed by atoms with E-state index in [4.69, 9.17) is 9.26 Å². The van der Waals surface area contributed by atoms with Crippen LogP contribution in [0.15, 0.2) is 4.52 Å². The Labute approximate surface area is 94.7 Å². The third-order valence-corrected chi connectivity index (χ3v) is 2.18. The topological polar surface area (TPSA) is 61.6 Å². The second kappa shape index (κ2) is 6.15. The fourth-order valence-corrected chi connectivity index (χ4v) is 1.26. The summed E-state index contributed by atoms with van der Waals surface area (Å²) in [6.45, 7) is 4.46. The van der Waals surface area contributed by atoms with E-state index in [9.17, 15) is 4.79 Å². The molecule has 0 aliphatic heterocycles. The summed E-state index contributed by atoms with van der Waals surface area (Å²) in [6.07, 6.45) is 2.51.